The van der Waals surface area contributed by atoms with Crippen molar-refractivity contribution in [1.82, 2.24) is 0 Å². The number of para-hydroxylation sites is 1. The average molecular weight is 231 g/mol. The van der Waals surface area contributed by atoms with Crippen LogP contribution in [0.1, 0.15) is 18.4 Å². The Labute approximate surface area is 99.2 Å². The van der Waals surface area contributed by atoms with Gasteiger partial charge in [0.25, 0.3) is 0 Å². The average Bonchev–Trinajstić information content (AvgIpc) is 2.35. The summed E-state index contributed by atoms with van der Waals surface area (Å²) in [6, 6.07) is 7.55. The Kier molecular flexibility index (Phi) is 3.23. The molecule has 4 nitrogen and oxygen atoms in total. The maximum Gasteiger partial charge on any atom is 0.303 e. The highest BCUT2D eigenvalue weighted by atomic mass is 16.4. The van der Waals surface area contributed by atoms with Crippen molar-refractivity contribution in [2.24, 2.45) is 0 Å². The maximum absolute atomic E-state index is 10.9. The largest absolute Gasteiger partial charge is 0.481 e. The van der Waals surface area contributed by atoms with Gasteiger partial charge in [-0.1, -0.05) is 24.3 Å². The number of carbonyl (C=O) groups is 2. The van der Waals surface area contributed by atoms with Gasteiger partial charge < -0.3 is 10.0 Å². The lowest BCUT2D eigenvalue weighted by Gasteiger charge is -2.25. The highest BCUT2D eigenvalue weighted by molar-refractivity contribution is 5.89. The van der Waals surface area contributed by atoms with E-state index in [4.69, 9.17) is 5.11 Å². The van der Waals surface area contributed by atoms with E-state index in [9.17, 15) is 9.59 Å². The molecule has 1 aliphatic heterocycles. The van der Waals surface area contributed by atoms with E-state index >= 15 is 0 Å². The molecule has 0 aromatic heterocycles. The first-order valence-electron chi connectivity index (χ1n) is 5.44. The van der Waals surface area contributed by atoms with Crippen LogP contribution in [0.15, 0.2) is 30.3 Å². The molecule has 0 spiro atoms. The van der Waals surface area contributed by atoms with Crippen LogP contribution in [0, 0.1) is 0 Å². The van der Waals surface area contributed by atoms with Gasteiger partial charge in [-0.3, -0.25) is 9.59 Å². The number of fused-ring (bicyclic) bond motifs is 1. The molecule has 1 aromatic rings. The predicted molar refractivity (Wildman–Crippen MR) is 64.7 cm³/mol. The van der Waals surface area contributed by atoms with E-state index in [0.717, 1.165) is 23.2 Å². The third kappa shape index (κ3) is 2.36. The van der Waals surface area contributed by atoms with Crippen molar-refractivity contribution < 1.29 is 14.7 Å². The van der Waals surface area contributed by atoms with Gasteiger partial charge in [-0.15, -0.1) is 0 Å². The van der Waals surface area contributed by atoms with Gasteiger partial charge in [0, 0.05) is 18.5 Å². The Balaban J connectivity index is 2.28. The highest BCUT2D eigenvalue weighted by Crippen LogP contribution is 2.32. The topological polar surface area (TPSA) is 57.6 Å². The summed E-state index contributed by atoms with van der Waals surface area (Å²) >= 11 is 0. The summed E-state index contributed by atoms with van der Waals surface area (Å²) in [7, 11) is 0. The number of rotatable bonds is 4. The SMILES string of the molecule is O=CN1CC=C(CCC(=O)O)c2ccccc21. The molecule has 4 heteroatoms. The Morgan fingerprint density at radius 3 is 2.88 bits per heavy atom. The van der Waals surface area contributed by atoms with Crippen molar-refractivity contribution in [2.45, 2.75) is 12.8 Å². The second-order valence-electron chi connectivity index (χ2n) is 3.90. The molecule has 0 saturated carbocycles. The molecule has 0 aliphatic carbocycles. The molecular formula is C13H13NO3. The number of hydrogen-bond acceptors (Lipinski definition) is 2. The molecule has 0 saturated heterocycles. The fourth-order valence-electron chi connectivity index (χ4n) is 1.99. The van der Waals surface area contributed by atoms with E-state index in [1.165, 1.54) is 0 Å². The lowest BCUT2D eigenvalue weighted by atomic mass is 9.96. The minimum Gasteiger partial charge on any atom is -0.481 e. The minimum absolute atomic E-state index is 0.112. The maximum atomic E-state index is 10.9. The number of carbonyl (C=O) groups excluding carboxylic acids is 1. The molecule has 1 amide bonds. The van der Waals surface area contributed by atoms with Gasteiger partial charge in [0.15, 0.2) is 0 Å². The molecule has 0 bridgehead atoms. The van der Waals surface area contributed by atoms with Gasteiger partial charge in [0.05, 0.1) is 5.69 Å². The Hall–Kier alpha value is -2.10. The van der Waals surface area contributed by atoms with Crippen LogP contribution in [0.3, 0.4) is 0 Å². The highest BCUT2D eigenvalue weighted by Gasteiger charge is 2.17. The van der Waals surface area contributed by atoms with E-state index in [1.807, 2.05) is 30.3 Å². The smallest absolute Gasteiger partial charge is 0.303 e. The van der Waals surface area contributed by atoms with E-state index in [2.05, 4.69) is 0 Å². The molecule has 1 heterocycles. The summed E-state index contributed by atoms with van der Waals surface area (Å²) in [5.41, 5.74) is 2.80. The normalized spacial score (nSPS) is 13.9. The predicted octanol–water partition coefficient (Wildman–Crippen LogP) is 1.91. The number of hydrogen-bond donors (Lipinski definition) is 1. The summed E-state index contributed by atoms with van der Waals surface area (Å²) in [4.78, 5) is 23.1. The number of carboxylic acids is 1. The lowest BCUT2D eigenvalue weighted by Crippen LogP contribution is -2.25. The van der Waals surface area contributed by atoms with Gasteiger partial charge >= 0.3 is 5.97 Å². The first kappa shape index (κ1) is 11.4. The summed E-state index contributed by atoms with van der Waals surface area (Å²) < 4.78 is 0. The molecule has 0 atom stereocenters. The van der Waals surface area contributed by atoms with Crippen molar-refractivity contribution in [2.75, 3.05) is 11.4 Å². The lowest BCUT2D eigenvalue weighted by molar-refractivity contribution is -0.136. The van der Waals surface area contributed by atoms with Crippen molar-refractivity contribution in [3.8, 4) is 0 Å². The van der Waals surface area contributed by atoms with Gasteiger partial charge in [-0.05, 0) is 18.1 Å². The van der Waals surface area contributed by atoms with E-state index in [0.29, 0.717) is 13.0 Å². The zero-order valence-electron chi connectivity index (χ0n) is 9.30. The van der Waals surface area contributed by atoms with Crippen LogP contribution < -0.4 is 4.90 Å². The molecule has 1 N–H and O–H groups in total. The number of anilines is 1. The number of nitrogens with zero attached hydrogens (tertiary/aromatic N) is 1. The number of allylic oxidation sites excluding steroid dienone is 1. The second-order valence-corrected chi connectivity index (χ2v) is 3.90. The van der Waals surface area contributed by atoms with Gasteiger partial charge in [-0.2, -0.15) is 0 Å². The standard InChI is InChI=1S/C13H13NO3/c15-9-14-8-7-10(5-6-13(16)17)11-3-1-2-4-12(11)14/h1-4,7,9H,5-6,8H2,(H,16,17). The number of carboxylic acid groups (broad SMARTS) is 1. The van der Waals surface area contributed by atoms with Gasteiger partial charge in [0.2, 0.25) is 6.41 Å². The van der Waals surface area contributed by atoms with Crippen LogP contribution >= 0.6 is 0 Å². The molecule has 0 radical (unpaired) electrons. The molecule has 88 valence electrons. The second kappa shape index (κ2) is 4.82. The van der Waals surface area contributed by atoms with Crippen molar-refractivity contribution in [3.63, 3.8) is 0 Å². The third-order valence-electron chi connectivity index (χ3n) is 2.83. The van der Waals surface area contributed by atoms with Crippen LogP contribution in [-0.2, 0) is 9.59 Å². The van der Waals surface area contributed by atoms with Gasteiger partial charge in [0.1, 0.15) is 0 Å². The fourth-order valence-corrected chi connectivity index (χ4v) is 1.99. The summed E-state index contributed by atoms with van der Waals surface area (Å²) in [5, 5.41) is 8.70. The fraction of sp³-hybridized carbons (Fsp3) is 0.231. The molecule has 17 heavy (non-hydrogen) atoms. The number of amides is 1. The van der Waals surface area contributed by atoms with Gasteiger partial charge in [-0.25, -0.2) is 0 Å². The zero-order chi connectivity index (χ0) is 12.3. The first-order chi connectivity index (χ1) is 8.22. The summed E-state index contributed by atoms with van der Waals surface area (Å²) in [6.45, 7) is 0.509. The molecule has 1 aliphatic rings. The first-order valence-corrected chi connectivity index (χ1v) is 5.44. The van der Waals surface area contributed by atoms with Crippen molar-refractivity contribution in [1.29, 1.82) is 0 Å². The number of benzene rings is 1. The Morgan fingerprint density at radius 2 is 2.18 bits per heavy atom. The van der Waals surface area contributed by atoms with Crippen LogP contribution in [-0.4, -0.2) is 24.0 Å². The third-order valence-corrected chi connectivity index (χ3v) is 2.83. The van der Waals surface area contributed by atoms with Crippen LogP contribution in [0.5, 0.6) is 0 Å². The molecule has 2 rings (SSSR count). The van der Waals surface area contributed by atoms with Crippen molar-refractivity contribution >= 4 is 23.6 Å². The Bertz CT molecular complexity index is 479. The van der Waals surface area contributed by atoms with Crippen LogP contribution in [0.2, 0.25) is 0 Å². The molecule has 0 unspecified atom stereocenters. The quantitative estimate of drug-likeness (QED) is 0.805. The van der Waals surface area contributed by atoms with E-state index in [-0.39, 0.29) is 6.42 Å². The molecule has 0 fully saturated rings. The monoisotopic (exact) mass is 231 g/mol. The van der Waals surface area contributed by atoms with Crippen molar-refractivity contribution in [3.05, 3.63) is 35.9 Å². The van der Waals surface area contributed by atoms with Crippen LogP contribution in [0.25, 0.3) is 5.57 Å². The molecular weight excluding hydrogens is 218 g/mol. The van der Waals surface area contributed by atoms with E-state index < -0.39 is 5.97 Å². The number of aliphatic carboxylic acids is 1. The zero-order valence-corrected chi connectivity index (χ0v) is 9.30. The summed E-state index contributed by atoms with van der Waals surface area (Å²) in [6.07, 6.45) is 3.32. The van der Waals surface area contributed by atoms with E-state index in [1.54, 1.807) is 4.90 Å². The molecule has 1 aromatic carbocycles. The summed E-state index contributed by atoms with van der Waals surface area (Å²) in [5.74, 6) is -0.804. The minimum atomic E-state index is -0.804. The Morgan fingerprint density at radius 1 is 1.41 bits per heavy atom. The van der Waals surface area contributed by atoms with Crippen LogP contribution in [0.4, 0.5) is 5.69 Å².